The van der Waals surface area contributed by atoms with Crippen LogP contribution in [0.5, 0.6) is 11.8 Å². The number of nitrogens with two attached hydrogens (primary N) is 2. The lowest BCUT2D eigenvalue weighted by Gasteiger charge is -2.24. The maximum atomic E-state index is 14.4. The minimum Gasteiger partial charge on any atom is -0.421 e. The van der Waals surface area contributed by atoms with Crippen molar-refractivity contribution in [1.82, 2.24) is 24.9 Å². The smallest absolute Gasteiger partial charge is 0.326 e. The first kappa shape index (κ1) is 20.5. The molecule has 174 valence electrons. The maximum Gasteiger partial charge on any atom is 0.326 e. The van der Waals surface area contributed by atoms with E-state index in [9.17, 15) is 9.18 Å². The molecule has 11 nitrogen and oxygen atoms in total. The Morgan fingerprint density at radius 2 is 1.97 bits per heavy atom. The lowest BCUT2D eigenvalue weighted by atomic mass is 10.1. The van der Waals surface area contributed by atoms with Crippen molar-refractivity contribution in [1.29, 1.82) is 0 Å². The van der Waals surface area contributed by atoms with Crippen LogP contribution in [0.4, 0.5) is 15.9 Å². The molecule has 1 saturated heterocycles. The van der Waals surface area contributed by atoms with Crippen LogP contribution in [0.15, 0.2) is 24.5 Å². The minimum atomic E-state index is -0.993. The molecule has 6 rings (SSSR count). The zero-order chi connectivity index (χ0) is 23.8. The molecule has 1 aromatic carbocycles. The van der Waals surface area contributed by atoms with E-state index in [2.05, 4.69) is 30.2 Å². The third-order valence-electron chi connectivity index (χ3n) is 6.89. The van der Waals surface area contributed by atoms with Crippen LogP contribution in [0.25, 0.3) is 21.9 Å². The van der Waals surface area contributed by atoms with Crippen LogP contribution in [0.3, 0.4) is 0 Å². The number of hydrogen-bond donors (Lipinski definition) is 4. The summed E-state index contributed by atoms with van der Waals surface area (Å²) in [6.07, 6.45) is 3.08. The Kier molecular flexibility index (Phi) is 4.21. The molecule has 0 spiro atoms. The number of carbonyl (C=O) groups is 1. The Morgan fingerprint density at radius 1 is 1.26 bits per heavy atom. The predicted molar refractivity (Wildman–Crippen MR) is 123 cm³/mol. The van der Waals surface area contributed by atoms with Gasteiger partial charge < -0.3 is 31.4 Å². The Morgan fingerprint density at radius 3 is 2.62 bits per heavy atom. The van der Waals surface area contributed by atoms with E-state index in [0.717, 1.165) is 0 Å². The molecule has 6 N–H and O–H groups in total. The van der Waals surface area contributed by atoms with E-state index in [-0.39, 0.29) is 23.7 Å². The van der Waals surface area contributed by atoms with Crippen LogP contribution >= 0.6 is 0 Å². The summed E-state index contributed by atoms with van der Waals surface area (Å²) in [5.41, 5.74) is 12.5. The highest BCUT2D eigenvalue weighted by Crippen LogP contribution is 2.54. The number of piperidine rings is 1. The number of nitrogens with zero attached hydrogens (tertiary/aromatic N) is 5. The number of carbonyl (C=O) groups excluding carboxylic acids is 1. The second-order valence-corrected chi connectivity index (χ2v) is 8.79. The van der Waals surface area contributed by atoms with Crippen LogP contribution in [-0.2, 0) is 4.79 Å². The van der Waals surface area contributed by atoms with Crippen LogP contribution in [0.2, 0.25) is 0 Å². The normalized spacial score (nSPS) is 23.4. The number of H-pyrrole nitrogens is 1. The van der Waals surface area contributed by atoms with Crippen molar-refractivity contribution >= 4 is 39.3 Å². The van der Waals surface area contributed by atoms with Gasteiger partial charge in [-0.05, 0) is 19.1 Å². The van der Waals surface area contributed by atoms with Gasteiger partial charge >= 0.3 is 6.01 Å². The summed E-state index contributed by atoms with van der Waals surface area (Å²) in [7, 11) is 1.72. The van der Waals surface area contributed by atoms with Gasteiger partial charge in [0.25, 0.3) is 0 Å². The predicted octanol–water partition coefficient (Wildman–Crippen LogP) is 1.43. The molecule has 34 heavy (non-hydrogen) atoms. The number of fused-ring (bicyclic) bond motifs is 4. The van der Waals surface area contributed by atoms with E-state index in [1.165, 1.54) is 24.5 Å². The first-order valence-corrected chi connectivity index (χ1v) is 10.8. The number of nitrogens with one attached hydrogen (secondary N) is 2. The van der Waals surface area contributed by atoms with Crippen LogP contribution in [0.1, 0.15) is 5.82 Å². The first-order chi connectivity index (χ1) is 16.3. The van der Waals surface area contributed by atoms with E-state index in [0.29, 0.717) is 58.1 Å². The Balaban J connectivity index is 1.49. The molecule has 0 radical (unpaired) electrons. The fraction of sp³-hybridized carbons (Fsp3) is 0.318. The highest BCUT2D eigenvalue weighted by molar-refractivity contribution is 6.14. The average Bonchev–Trinajstić information content (AvgIpc) is 3.14. The van der Waals surface area contributed by atoms with Crippen molar-refractivity contribution in [2.45, 2.75) is 12.5 Å². The van der Waals surface area contributed by atoms with Crippen LogP contribution < -0.4 is 26.4 Å². The number of hydrogen-bond acceptors (Lipinski definition) is 9. The number of benzene rings is 1. The average molecular weight is 463 g/mol. The van der Waals surface area contributed by atoms with Gasteiger partial charge in [0.15, 0.2) is 5.75 Å². The summed E-state index contributed by atoms with van der Waals surface area (Å²) in [5, 5.41) is 4.30. The molecule has 1 aliphatic carbocycles. The summed E-state index contributed by atoms with van der Waals surface area (Å²) in [6, 6.07) is 2.94. The quantitative estimate of drug-likeness (QED) is 0.343. The van der Waals surface area contributed by atoms with E-state index >= 15 is 0 Å². The van der Waals surface area contributed by atoms with Gasteiger partial charge in [-0.2, -0.15) is 9.97 Å². The molecule has 3 atom stereocenters. The van der Waals surface area contributed by atoms with Gasteiger partial charge in [0, 0.05) is 37.4 Å². The number of anilines is 2. The summed E-state index contributed by atoms with van der Waals surface area (Å²) < 4.78 is 20.3. The van der Waals surface area contributed by atoms with E-state index in [4.69, 9.17) is 16.2 Å². The van der Waals surface area contributed by atoms with Crippen molar-refractivity contribution in [3.05, 3.63) is 36.2 Å². The van der Waals surface area contributed by atoms with Crippen molar-refractivity contribution in [2.24, 2.45) is 23.3 Å². The number of aryl methyl sites for hydroxylation is 1. The zero-order valence-corrected chi connectivity index (χ0v) is 18.5. The molecular weight excluding hydrogens is 441 g/mol. The van der Waals surface area contributed by atoms with Crippen molar-refractivity contribution in [2.75, 3.05) is 30.4 Å². The number of primary amides is 1. The number of halogens is 1. The summed E-state index contributed by atoms with van der Waals surface area (Å²) in [5.74, 6) is 0.530. The van der Waals surface area contributed by atoms with Gasteiger partial charge in [0.2, 0.25) is 5.91 Å². The molecule has 4 aromatic rings. The number of aromatic amines is 1. The van der Waals surface area contributed by atoms with Crippen molar-refractivity contribution < 1.29 is 13.9 Å². The Hall–Kier alpha value is -4.06. The maximum absolute atomic E-state index is 14.4. The van der Waals surface area contributed by atoms with Crippen LogP contribution in [-0.4, -0.2) is 56.5 Å². The molecular formula is C22H22FN9O2. The molecule has 4 heterocycles. The summed E-state index contributed by atoms with van der Waals surface area (Å²) in [6.45, 7) is 2.75. The van der Waals surface area contributed by atoms with Gasteiger partial charge in [0.1, 0.15) is 28.6 Å². The Bertz CT molecular complexity index is 1460. The van der Waals surface area contributed by atoms with E-state index in [1.54, 1.807) is 14.0 Å². The van der Waals surface area contributed by atoms with E-state index < -0.39 is 11.4 Å². The van der Waals surface area contributed by atoms with Gasteiger partial charge in [-0.25, -0.2) is 14.4 Å². The lowest BCUT2D eigenvalue weighted by molar-refractivity contribution is -0.120. The second-order valence-electron chi connectivity index (χ2n) is 8.79. The summed E-state index contributed by atoms with van der Waals surface area (Å²) >= 11 is 0. The molecule has 0 unspecified atom stereocenters. The number of ether oxygens (including phenoxy) is 1. The summed E-state index contributed by atoms with van der Waals surface area (Å²) in [4.78, 5) is 34.6. The zero-order valence-electron chi connectivity index (χ0n) is 18.5. The minimum absolute atomic E-state index is 0.0697. The van der Waals surface area contributed by atoms with Crippen LogP contribution in [0, 0.1) is 24.6 Å². The molecule has 0 bridgehead atoms. The third kappa shape index (κ3) is 2.88. The number of rotatable bonds is 5. The van der Waals surface area contributed by atoms with Gasteiger partial charge in [-0.1, -0.05) is 0 Å². The molecule has 1 aliphatic heterocycles. The number of aromatic nitrogens is 5. The van der Waals surface area contributed by atoms with Gasteiger partial charge in [-0.15, -0.1) is 0 Å². The van der Waals surface area contributed by atoms with Crippen molar-refractivity contribution in [3.63, 3.8) is 0 Å². The largest absolute Gasteiger partial charge is 0.421 e. The van der Waals surface area contributed by atoms with Gasteiger partial charge in [0.05, 0.1) is 29.0 Å². The highest BCUT2D eigenvalue weighted by Gasteiger charge is 2.70. The fourth-order valence-electron chi connectivity index (χ4n) is 5.04. The lowest BCUT2D eigenvalue weighted by Crippen LogP contribution is -2.47. The highest BCUT2D eigenvalue weighted by atomic mass is 19.1. The van der Waals surface area contributed by atoms with Crippen molar-refractivity contribution in [3.8, 4) is 11.8 Å². The molecule has 1 amide bonds. The third-order valence-corrected chi connectivity index (χ3v) is 6.89. The molecule has 12 heteroatoms. The molecule has 3 aromatic heterocycles. The number of amides is 1. The first-order valence-electron chi connectivity index (χ1n) is 10.8. The van der Waals surface area contributed by atoms with Gasteiger partial charge in [-0.3, -0.25) is 4.79 Å². The van der Waals surface area contributed by atoms with E-state index in [1.807, 2.05) is 4.90 Å². The molecule has 2 aliphatic rings. The monoisotopic (exact) mass is 463 g/mol. The fourth-order valence-corrected chi connectivity index (χ4v) is 5.04. The molecule has 1 saturated carbocycles. The molecule has 2 fully saturated rings. The second kappa shape index (κ2) is 6.97. The standard InChI is InChI=1S/C22H22FN9O2/c1-9-27-5-11(6-28-9)34-21-30-18-16(12-3-10(23)4-15(26-2)17(12)29-18)19(31-21)32-7-13-14(8-32)22(13,25)20(24)33/h3-6,13-14,26H,7-8,25H2,1-2H3,(H2,24,33)(H,29,30,31)/t13-,14+,22-. The SMILES string of the molecule is CNc1cc(F)cc2c1[nH]c1nc(Oc3cnc(C)nc3)nc(N3C[C@@H]4[C@H](C3)[C@@]4(N)C(N)=O)c12. The topological polar surface area (TPSA) is 161 Å². The Labute approximate surface area is 192 Å².